The molecule has 0 fully saturated rings. The molecule has 1 aromatic carbocycles. The van der Waals surface area contributed by atoms with Crippen molar-refractivity contribution in [3.8, 4) is 0 Å². The van der Waals surface area contributed by atoms with Crippen LogP contribution >= 0.6 is 7.82 Å². The first-order valence-electron chi connectivity index (χ1n) is 7.91. The van der Waals surface area contributed by atoms with E-state index in [0.29, 0.717) is 13.2 Å². The van der Waals surface area contributed by atoms with Gasteiger partial charge in [-0.15, -0.1) is 0 Å². The Bertz CT molecular complexity index is 499. The average Bonchev–Trinajstić information content (AvgIpc) is 2.52. The van der Waals surface area contributed by atoms with Gasteiger partial charge < -0.3 is 0 Å². The molecule has 1 atom stereocenters. The Balaban J connectivity index is 2.61. The molecule has 0 radical (unpaired) electrons. The molecule has 0 heterocycles. The fourth-order valence-electron chi connectivity index (χ4n) is 2.33. The Kier molecular flexibility index (Phi) is 7.78. The minimum atomic E-state index is -3.37. The summed E-state index contributed by atoms with van der Waals surface area (Å²) < 4.78 is 27.2. The summed E-state index contributed by atoms with van der Waals surface area (Å²) in [7, 11) is -2.03. The van der Waals surface area contributed by atoms with E-state index in [1.54, 1.807) is 6.92 Å². The third-order valence-corrected chi connectivity index (χ3v) is 5.50. The van der Waals surface area contributed by atoms with Gasteiger partial charge in [0.15, 0.2) is 0 Å². The minimum absolute atomic E-state index is 0.157. The minimum Gasteiger partial charge on any atom is -0.290 e. The molecule has 22 heavy (non-hydrogen) atoms. The van der Waals surface area contributed by atoms with E-state index in [9.17, 15) is 4.57 Å². The lowest BCUT2D eigenvalue weighted by Gasteiger charge is -2.26. The molecule has 126 valence electrons. The Morgan fingerprint density at radius 2 is 1.82 bits per heavy atom. The maximum atomic E-state index is 12.0. The van der Waals surface area contributed by atoms with Gasteiger partial charge in [0, 0.05) is 7.11 Å². The summed E-state index contributed by atoms with van der Waals surface area (Å²) in [6.07, 6.45) is 2.75. The quantitative estimate of drug-likeness (QED) is 0.442. The van der Waals surface area contributed by atoms with Crippen LogP contribution in [0, 0.1) is 0 Å². The summed E-state index contributed by atoms with van der Waals surface area (Å²) >= 11 is 0. The van der Waals surface area contributed by atoms with Crippen LogP contribution in [-0.2, 0) is 30.0 Å². The monoisotopic (exact) mass is 328 g/mol. The fraction of sp³-hybridized carbons (Fsp3) is 0.647. The molecule has 0 bridgehead atoms. The van der Waals surface area contributed by atoms with Crippen LogP contribution in [0.2, 0.25) is 0 Å². The lowest BCUT2D eigenvalue weighted by atomic mass is 9.79. The first kappa shape index (κ1) is 19.4. The standard InChI is InChI=1S/C17H29O4P/c1-6-17(3,4)16-13-9-8-11-15(16)12-10-14-21-22(18,19-5)20-7-2/h8-9,11,13H,6-7,10,12,14H2,1-5H3. The molecule has 0 saturated carbocycles. The number of phosphoric ester groups is 1. The molecule has 5 heteroatoms. The second-order valence-electron chi connectivity index (χ2n) is 5.88. The number of phosphoric acid groups is 1. The number of hydrogen-bond acceptors (Lipinski definition) is 4. The zero-order valence-corrected chi connectivity index (χ0v) is 15.3. The summed E-state index contributed by atoms with van der Waals surface area (Å²) in [5.74, 6) is 0. The second-order valence-corrected chi connectivity index (χ2v) is 7.65. The van der Waals surface area contributed by atoms with Crippen LogP contribution in [-0.4, -0.2) is 20.3 Å². The largest absolute Gasteiger partial charge is 0.474 e. The molecule has 0 N–H and O–H groups in total. The molecule has 1 aromatic rings. The normalized spacial score (nSPS) is 14.8. The molecule has 0 aliphatic rings. The average molecular weight is 328 g/mol. The van der Waals surface area contributed by atoms with Crippen LogP contribution in [0.1, 0.15) is 51.7 Å². The number of rotatable bonds is 10. The van der Waals surface area contributed by atoms with Crippen LogP contribution in [0.5, 0.6) is 0 Å². The van der Waals surface area contributed by atoms with E-state index in [-0.39, 0.29) is 5.41 Å². The van der Waals surface area contributed by atoms with E-state index >= 15 is 0 Å². The van der Waals surface area contributed by atoms with E-state index in [1.165, 1.54) is 18.2 Å². The van der Waals surface area contributed by atoms with E-state index in [1.807, 2.05) is 0 Å². The molecule has 0 saturated heterocycles. The van der Waals surface area contributed by atoms with Crippen molar-refractivity contribution in [2.45, 2.75) is 52.4 Å². The number of benzene rings is 1. The molecule has 1 unspecified atom stereocenters. The van der Waals surface area contributed by atoms with Crippen molar-refractivity contribution in [1.29, 1.82) is 0 Å². The van der Waals surface area contributed by atoms with Gasteiger partial charge in [0.1, 0.15) is 0 Å². The Morgan fingerprint density at radius 1 is 1.14 bits per heavy atom. The Hall–Kier alpha value is -0.670. The predicted molar refractivity (Wildman–Crippen MR) is 90.3 cm³/mol. The Morgan fingerprint density at radius 3 is 2.41 bits per heavy atom. The van der Waals surface area contributed by atoms with Gasteiger partial charge >= 0.3 is 7.82 Å². The topological polar surface area (TPSA) is 44.8 Å². The predicted octanol–water partition coefficient (Wildman–Crippen LogP) is 5.11. The zero-order chi connectivity index (χ0) is 16.6. The van der Waals surface area contributed by atoms with E-state index in [4.69, 9.17) is 13.6 Å². The third kappa shape index (κ3) is 5.51. The lowest BCUT2D eigenvalue weighted by molar-refractivity contribution is 0.135. The first-order chi connectivity index (χ1) is 10.4. The molecule has 0 amide bonds. The second kappa shape index (κ2) is 8.83. The molecule has 1 rings (SSSR count). The van der Waals surface area contributed by atoms with Gasteiger partial charge in [0.05, 0.1) is 13.2 Å². The highest BCUT2D eigenvalue weighted by Gasteiger charge is 2.24. The van der Waals surface area contributed by atoms with Crippen molar-refractivity contribution >= 4 is 7.82 Å². The highest BCUT2D eigenvalue weighted by atomic mass is 31.2. The molecule has 0 aliphatic carbocycles. The maximum Gasteiger partial charge on any atom is 0.474 e. The summed E-state index contributed by atoms with van der Waals surface area (Å²) in [5, 5.41) is 0. The highest BCUT2D eigenvalue weighted by molar-refractivity contribution is 7.48. The van der Waals surface area contributed by atoms with Crippen molar-refractivity contribution in [2.24, 2.45) is 0 Å². The van der Waals surface area contributed by atoms with Gasteiger partial charge in [0.2, 0.25) is 0 Å². The van der Waals surface area contributed by atoms with Crippen molar-refractivity contribution in [3.63, 3.8) is 0 Å². The first-order valence-corrected chi connectivity index (χ1v) is 9.38. The summed E-state index contributed by atoms with van der Waals surface area (Å²) in [4.78, 5) is 0. The molecule has 0 spiro atoms. The third-order valence-electron chi connectivity index (χ3n) is 3.98. The molecule has 4 nitrogen and oxygen atoms in total. The molecule has 0 aliphatic heterocycles. The van der Waals surface area contributed by atoms with E-state index in [2.05, 4.69) is 45.0 Å². The Labute approximate surface area is 134 Å². The van der Waals surface area contributed by atoms with Crippen LogP contribution in [0.4, 0.5) is 0 Å². The summed E-state index contributed by atoms with van der Waals surface area (Å²) in [6.45, 7) is 9.15. The van der Waals surface area contributed by atoms with Crippen LogP contribution in [0.25, 0.3) is 0 Å². The van der Waals surface area contributed by atoms with Crippen LogP contribution in [0.15, 0.2) is 24.3 Å². The van der Waals surface area contributed by atoms with Gasteiger partial charge in [-0.05, 0) is 42.7 Å². The van der Waals surface area contributed by atoms with Crippen molar-refractivity contribution < 1.29 is 18.1 Å². The van der Waals surface area contributed by atoms with Gasteiger partial charge in [-0.25, -0.2) is 4.57 Å². The van der Waals surface area contributed by atoms with E-state index in [0.717, 1.165) is 19.3 Å². The maximum absolute atomic E-state index is 12.0. The summed E-state index contributed by atoms with van der Waals surface area (Å²) in [6, 6.07) is 8.50. The van der Waals surface area contributed by atoms with Crippen molar-refractivity contribution in [2.75, 3.05) is 20.3 Å². The van der Waals surface area contributed by atoms with Gasteiger partial charge in [-0.2, -0.15) is 0 Å². The highest BCUT2D eigenvalue weighted by Crippen LogP contribution is 2.48. The molecule has 0 aromatic heterocycles. The summed E-state index contributed by atoms with van der Waals surface area (Å²) in [5.41, 5.74) is 2.85. The molecular formula is C17H29O4P. The van der Waals surface area contributed by atoms with Crippen LogP contribution < -0.4 is 0 Å². The van der Waals surface area contributed by atoms with Gasteiger partial charge in [-0.1, -0.05) is 45.0 Å². The van der Waals surface area contributed by atoms with Crippen molar-refractivity contribution in [3.05, 3.63) is 35.4 Å². The number of aryl methyl sites for hydroxylation is 1. The van der Waals surface area contributed by atoms with Gasteiger partial charge in [0.25, 0.3) is 0 Å². The van der Waals surface area contributed by atoms with Crippen molar-refractivity contribution in [1.82, 2.24) is 0 Å². The smallest absolute Gasteiger partial charge is 0.290 e. The SMILES string of the molecule is CCOP(=O)(OC)OCCCc1ccccc1C(C)(C)CC. The number of hydrogen-bond donors (Lipinski definition) is 0. The lowest BCUT2D eigenvalue weighted by Crippen LogP contribution is -2.18. The van der Waals surface area contributed by atoms with Crippen LogP contribution in [0.3, 0.4) is 0 Å². The molecular weight excluding hydrogens is 299 g/mol. The van der Waals surface area contributed by atoms with E-state index < -0.39 is 7.82 Å². The zero-order valence-electron chi connectivity index (χ0n) is 14.4. The fourth-order valence-corrected chi connectivity index (χ4v) is 3.28. The van der Waals surface area contributed by atoms with Gasteiger partial charge in [-0.3, -0.25) is 13.6 Å².